The lowest BCUT2D eigenvalue weighted by Crippen LogP contribution is -2.36. The molecule has 1 amide bonds. The Morgan fingerprint density at radius 1 is 1.03 bits per heavy atom. The second kappa shape index (κ2) is 8.90. The van der Waals surface area contributed by atoms with Gasteiger partial charge in [-0.25, -0.2) is 9.67 Å². The van der Waals surface area contributed by atoms with Crippen LogP contribution in [0.25, 0.3) is 16.7 Å². The first kappa shape index (κ1) is 21.4. The summed E-state index contributed by atoms with van der Waals surface area (Å²) in [6.07, 6.45) is 5.55. The molecule has 35 heavy (non-hydrogen) atoms. The third kappa shape index (κ3) is 3.92. The summed E-state index contributed by atoms with van der Waals surface area (Å²) in [7, 11) is 0. The number of likely N-dealkylation sites (tertiary alicyclic amines) is 1. The molecule has 0 bridgehead atoms. The molecule has 2 aromatic heterocycles. The first-order valence-corrected chi connectivity index (χ1v) is 11.9. The summed E-state index contributed by atoms with van der Waals surface area (Å²) >= 11 is 0. The number of rotatable bonds is 4. The number of para-hydroxylation sites is 1. The van der Waals surface area contributed by atoms with Gasteiger partial charge >= 0.3 is 0 Å². The van der Waals surface area contributed by atoms with E-state index in [4.69, 9.17) is 9.47 Å². The summed E-state index contributed by atoms with van der Waals surface area (Å²) in [6, 6.07) is 15.4. The highest BCUT2D eigenvalue weighted by Gasteiger charge is 2.31. The molecule has 0 unspecified atom stereocenters. The molecule has 9 heteroatoms. The van der Waals surface area contributed by atoms with Crippen LogP contribution in [0.4, 0.5) is 0 Å². The van der Waals surface area contributed by atoms with Gasteiger partial charge in [0.1, 0.15) is 18.3 Å². The van der Waals surface area contributed by atoms with Crippen molar-refractivity contribution in [1.82, 2.24) is 24.2 Å². The lowest BCUT2D eigenvalue weighted by Gasteiger charge is -2.26. The van der Waals surface area contributed by atoms with Crippen molar-refractivity contribution in [2.24, 2.45) is 0 Å². The number of ether oxygens (including phenoxy) is 2. The van der Waals surface area contributed by atoms with E-state index < -0.39 is 0 Å². The molecule has 4 aromatic rings. The number of nitrogens with zero attached hydrogens (tertiary/aromatic N) is 5. The molecule has 178 valence electrons. The molecule has 0 saturated carbocycles. The van der Waals surface area contributed by atoms with E-state index in [-0.39, 0.29) is 24.1 Å². The summed E-state index contributed by atoms with van der Waals surface area (Å²) in [5, 5.41) is 4.72. The van der Waals surface area contributed by atoms with Crippen molar-refractivity contribution in [2.45, 2.75) is 31.8 Å². The Morgan fingerprint density at radius 3 is 2.71 bits per heavy atom. The van der Waals surface area contributed by atoms with Crippen molar-refractivity contribution < 1.29 is 14.3 Å². The molecule has 0 spiro atoms. The summed E-state index contributed by atoms with van der Waals surface area (Å²) in [6.45, 7) is 1.83. The molecule has 2 aromatic carbocycles. The summed E-state index contributed by atoms with van der Waals surface area (Å²) in [4.78, 5) is 32.8. The predicted octanol–water partition coefficient (Wildman–Crippen LogP) is 3.11. The minimum absolute atomic E-state index is 0.0622. The number of fused-ring (bicyclic) bond motifs is 2. The van der Waals surface area contributed by atoms with E-state index in [2.05, 4.69) is 10.1 Å². The molecule has 6 rings (SSSR count). The van der Waals surface area contributed by atoms with E-state index in [0.717, 1.165) is 42.0 Å². The van der Waals surface area contributed by atoms with E-state index in [9.17, 15) is 9.59 Å². The highest BCUT2D eigenvalue weighted by atomic mass is 16.5. The molecule has 1 atom stereocenters. The van der Waals surface area contributed by atoms with Gasteiger partial charge in [0.2, 0.25) is 5.91 Å². The molecule has 2 aliphatic heterocycles. The van der Waals surface area contributed by atoms with Crippen molar-refractivity contribution in [2.75, 3.05) is 19.8 Å². The van der Waals surface area contributed by atoms with Crippen molar-refractivity contribution >= 4 is 16.9 Å². The minimum Gasteiger partial charge on any atom is -0.490 e. The maximum atomic E-state index is 13.3. The lowest BCUT2D eigenvalue weighted by atomic mass is 10.0. The normalized spacial score (nSPS) is 17.5. The predicted molar refractivity (Wildman–Crippen MR) is 129 cm³/mol. The molecular formula is C26H25N5O4. The lowest BCUT2D eigenvalue weighted by molar-refractivity contribution is -0.132. The molecule has 0 aliphatic carbocycles. The van der Waals surface area contributed by atoms with Crippen molar-refractivity contribution in [3.8, 4) is 17.2 Å². The number of aromatic nitrogens is 4. The van der Waals surface area contributed by atoms with Gasteiger partial charge in [-0.3, -0.25) is 14.2 Å². The van der Waals surface area contributed by atoms with E-state index >= 15 is 0 Å². The molecule has 4 heterocycles. The number of benzene rings is 2. The van der Waals surface area contributed by atoms with Crippen LogP contribution >= 0.6 is 0 Å². The second-order valence-electron chi connectivity index (χ2n) is 8.81. The standard InChI is InChI=1S/C26H25N5O4/c32-24(30-11-4-8-21(30)18-9-10-22-23(14-18)35-13-5-12-34-22)16-29-17-27-25-20(26(29)33)15-28-31(25)19-6-2-1-3-7-19/h1-3,6-7,9-10,14-15,17,21H,4-5,8,11-13,16H2/t21-/m1/s1. The minimum atomic E-state index is -0.281. The molecule has 1 fully saturated rings. The Bertz CT molecular complexity index is 1450. The number of hydrogen-bond donors (Lipinski definition) is 0. The fraction of sp³-hybridized carbons (Fsp3) is 0.308. The van der Waals surface area contributed by atoms with Gasteiger partial charge in [0, 0.05) is 13.0 Å². The third-order valence-electron chi connectivity index (χ3n) is 6.59. The zero-order valence-electron chi connectivity index (χ0n) is 19.2. The molecule has 0 radical (unpaired) electrons. The monoisotopic (exact) mass is 471 g/mol. The molecule has 9 nitrogen and oxygen atoms in total. The van der Waals surface area contributed by atoms with Crippen LogP contribution in [0.5, 0.6) is 11.5 Å². The van der Waals surface area contributed by atoms with Crippen molar-refractivity contribution in [3.05, 3.63) is 77.0 Å². The molecule has 0 N–H and O–H groups in total. The van der Waals surface area contributed by atoms with Crippen LogP contribution in [0.1, 0.15) is 30.9 Å². The van der Waals surface area contributed by atoms with E-state index in [0.29, 0.717) is 30.8 Å². The molecule has 1 saturated heterocycles. The van der Waals surface area contributed by atoms with Gasteiger partial charge in [-0.1, -0.05) is 24.3 Å². The van der Waals surface area contributed by atoms with Gasteiger partial charge in [-0.15, -0.1) is 0 Å². The SMILES string of the molecule is O=C(Cn1cnc2c(cnn2-c2ccccc2)c1=O)N1CCC[C@@H]1c1ccc2c(c1)OCCCO2. The zero-order valence-corrected chi connectivity index (χ0v) is 19.2. The maximum Gasteiger partial charge on any atom is 0.264 e. The van der Waals surface area contributed by atoms with Gasteiger partial charge in [-0.05, 0) is 42.7 Å². The molecular weight excluding hydrogens is 446 g/mol. The van der Waals surface area contributed by atoms with Crippen LogP contribution in [0.3, 0.4) is 0 Å². The van der Waals surface area contributed by atoms with Gasteiger partial charge in [0.25, 0.3) is 5.56 Å². The third-order valence-corrected chi connectivity index (χ3v) is 6.59. The Morgan fingerprint density at radius 2 is 1.86 bits per heavy atom. The van der Waals surface area contributed by atoms with Crippen LogP contribution in [0, 0.1) is 0 Å². The van der Waals surface area contributed by atoms with E-state index in [1.807, 2.05) is 53.4 Å². The topological polar surface area (TPSA) is 91.5 Å². The first-order valence-electron chi connectivity index (χ1n) is 11.9. The van der Waals surface area contributed by atoms with Crippen molar-refractivity contribution in [3.63, 3.8) is 0 Å². The zero-order chi connectivity index (χ0) is 23.8. The van der Waals surface area contributed by atoms with Gasteiger partial charge in [0.05, 0.1) is 31.1 Å². The van der Waals surface area contributed by atoms with Gasteiger partial charge < -0.3 is 14.4 Å². The fourth-order valence-corrected chi connectivity index (χ4v) is 4.85. The average Bonchev–Trinajstić information content (AvgIpc) is 3.49. The fourth-order valence-electron chi connectivity index (χ4n) is 4.85. The number of hydrogen-bond acceptors (Lipinski definition) is 6. The largest absolute Gasteiger partial charge is 0.490 e. The summed E-state index contributed by atoms with van der Waals surface area (Å²) < 4.78 is 14.6. The van der Waals surface area contributed by atoms with Crippen LogP contribution in [0.2, 0.25) is 0 Å². The number of carbonyl (C=O) groups excluding carboxylic acids is 1. The first-order chi connectivity index (χ1) is 17.2. The van der Waals surface area contributed by atoms with Crippen LogP contribution in [0.15, 0.2) is 65.8 Å². The number of carbonyl (C=O) groups is 1. The molecule has 2 aliphatic rings. The summed E-state index contributed by atoms with van der Waals surface area (Å²) in [5.41, 5.74) is 2.02. The quantitative estimate of drug-likeness (QED) is 0.454. The van der Waals surface area contributed by atoms with Gasteiger partial charge in [-0.2, -0.15) is 5.10 Å². The second-order valence-corrected chi connectivity index (χ2v) is 8.81. The van der Waals surface area contributed by atoms with Crippen LogP contribution in [-0.2, 0) is 11.3 Å². The summed E-state index contributed by atoms with van der Waals surface area (Å²) in [5.74, 6) is 1.35. The highest BCUT2D eigenvalue weighted by molar-refractivity contribution is 5.78. The van der Waals surface area contributed by atoms with Crippen molar-refractivity contribution in [1.29, 1.82) is 0 Å². The average molecular weight is 472 g/mol. The Hall–Kier alpha value is -4.14. The Labute approximate surface area is 201 Å². The maximum absolute atomic E-state index is 13.3. The van der Waals surface area contributed by atoms with Crippen LogP contribution < -0.4 is 15.0 Å². The highest BCUT2D eigenvalue weighted by Crippen LogP contribution is 2.38. The van der Waals surface area contributed by atoms with E-state index in [1.165, 1.54) is 17.1 Å². The van der Waals surface area contributed by atoms with Gasteiger partial charge in [0.15, 0.2) is 17.1 Å². The van der Waals surface area contributed by atoms with Crippen LogP contribution in [-0.4, -0.2) is 49.9 Å². The van der Waals surface area contributed by atoms with E-state index in [1.54, 1.807) is 4.68 Å². The Kier molecular flexibility index (Phi) is 5.44. The Balaban J connectivity index is 1.25. The smallest absolute Gasteiger partial charge is 0.264 e. The number of amides is 1.